The number of hydrogen-bond acceptors (Lipinski definition) is 4. The van der Waals surface area contributed by atoms with E-state index >= 15 is 0 Å². The van der Waals surface area contributed by atoms with E-state index in [1.165, 1.54) is 4.90 Å². The van der Waals surface area contributed by atoms with Crippen LogP contribution in [0.1, 0.15) is 37.7 Å². The predicted molar refractivity (Wildman–Crippen MR) is 106 cm³/mol. The number of benzene rings is 1. The summed E-state index contributed by atoms with van der Waals surface area (Å²) in [7, 11) is 0. The summed E-state index contributed by atoms with van der Waals surface area (Å²) in [6.45, 7) is 0.402. The second-order valence-corrected chi connectivity index (χ2v) is 7.91. The quantitative estimate of drug-likeness (QED) is 0.708. The maximum absolute atomic E-state index is 12.6. The molecule has 29 heavy (non-hydrogen) atoms. The fourth-order valence-electron chi connectivity index (χ4n) is 3.89. The third-order valence-corrected chi connectivity index (χ3v) is 5.73. The lowest BCUT2D eigenvalue weighted by Gasteiger charge is -2.19. The lowest BCUT2D eigenvalue weighted by molar-refractivity contribution is -0.131. The van der Waals surface area contributed by atoms with Crippen LogP contribution in [0.15, 0.2) is 36.7 Å². The van der Waals surface area contributed by atoms with Crippen molar-refractivity contribution in [1.82, 2.24) is 25.3 Å². The van der Waals surface area contributed by atoms with Gasteiger partial charge in [0.15, 0.2) is 0 Å². The van der Waals surface area contributed by atoms with Crippen molar-refractivity contribution in [2.45, 2.75) is 44.2 Å². The van der Waals surface area contributed by atoms with E-state index in [1.54, 1.807) is 23.0 Å². The van der Waals surface area contributed by atoms with Crippen molar-refractivity contribution in [3.8, 4) is 5.69 Å². The van der Waals surface area contributed by atoms with Gasteiger partial charge in [-0.3, -0.25) is 14.5 Å². The van der Waals surface area contributed by atoms with Gasteiger partial charge in [0.25, 0.3) is 5.91 Å². The first-order chi connectivity index (χ1) is 14.0. The van der Waals surface area contributed by atoms with Gasteiger partial charge in [-0.25, -0.2) is 9.48 Å². The SMILES string of the molecule is O=C(CCN1C(=O)NC2(CCCC2)C1=O)NCc1cnn(-c2ccc(Cl)cc2)c1. The average molecular weight is 416 g/mol. The summed E-state index contributed by atoms with van der Waals surface area (Å²) >= 11 is 5.89. The van der Waals surface area contributed by atoms with Crippen LogP contribution >= 0.6 is 11.6 Å². The molecule has 2 aliphatic rings. The summed E-state index contributed by atoms with van der Waals surface area (Å²) in [5.41, 5.74) is 0.976. The largest absolute Gasteiger partial charge is 0.352 e. The van der Waals surface area contributed by atoms with Crippen molar-refractivity contribution in [3.63, 3.8) is 0 Å². The van der Waals surface area contributed by atoms with Gasteiger partial charge in [-0.2, -0.15) is 5.10 Å². The lowest BCUT2D eigenvalue weighted by Crippen LogP contribution is -2.44. The molecule has 1 saturated carbocycles. The zero-order valence-corrected chi connectivity index (χ0v) is 16.6. The molecule has 0 bridgehead atoms. The molecule has 2 aromatic rings. The number of carbonyl (C=O) groups is 3. The Morgan fingerprint density at radius 3 is 2.66 bits per heavy atom. The second-order valence-electron chi connectivity index (χ2n) is 7.47. The molecule has 1 aliphatic heterocycles. The van der Waals surface area contributed by atoms with Gasteiger partial charge in [-0.05, 0) is 37.1 Å². The van der Waals surface area contributed by atoms with Crippen LogP contribution in [0.2, 0.25) is 5.02 Å². The number of nitrogens with zero attached hydrogens (tertiary/aromatic N) is 3. The number of halogens is 1. The summed E-state index contributed by atoms with van der Waals surface area (Å²) in [6.07, 6.45) is 6.80. The molecule has 1 aromatic carbocycles. The van der Waals surface area contributed by atoms with Gasteiger partial charge < -0.3 is 10.6 Å². The Bertz CT molecular complexity index is 934. The molecule has 1 saturated heterocycles. The molecule has 1 spiro atoms. The van der Waals surface area contributed by atoms with Gasteiger partial charge in [-0.15, -0.1) is 0 Å². The summed E-state index contributed by atoms with van der Waals surface area (Å²) < 4.78 is 1.70. The van der Waals surface area contributed by atoms with E-state index in [0.717, 1.165) is 24.1 Å². The molecule has 4 amide bonds. The zero-order chi connectivity index (χ0) is 20.4. The van der Waals surface area contributed by atoms with Crippen LogP contribution in [0, 0.1) is 0 Å². The van der Waals surface area contributed by atoms with E-state index < -0.39 is 11.6 Å². The topological polar surface area (TPSA) is 96.3 Å². The van der Waals surface area contributed by atoms with Gasteiger partial charge in [0.05, 0.1) is 11.9 Å². The van der Waals surface area contributed by atoms with Crippen LogP contribution in [0.4, 0.5) is 4.79 Å². The molecular weight excluding hydrogens is 394 g/mol. The Kier molecular flexibility index (Phi) is 5.27. The zero-order valence-electron chi connectivity index (χ0n) is 15.9. The fraction of sp³-hybridized carbons (Fsp3) is 0.400. The molecular formula is C20H22ClN5O3. The van der Waals surface area contributed by atoms with Gasteiger partial charge in [0.1, 0.15) is 5.54 Å². The maximum Gasteiger partial charge on any atom is 0.325 e. The smallest absolute Gasteiger partial charge is 0.325 e. The number of urea groups is 1. The highest BCUT2D eigenvalue weighted by molar-refractivity contribution is 6.30. The highest BCUT2D eigenvalue weighted by atomic mass is 35.5. The number of amides is 4. The summed E-state index contributed by atoms with van der Waals surface area (Å²) in [4.78, 5) is 38.1. The molecule has 0 radical (unpaired) electrons. The number of nitrogens with one attached hydrogen (secondary N) is 2. The van der Waals surface area contributed by atoms with Crippen molar-refractivity contribution < 1.29 is 14.4 Å². The van der Waals surface area contributed by atoms with Gasteiger partial charge in [0.2, 0.25) is 5.91 Å². The molecule has 152 valence electrons. The third-order valence-electron chi connectivity index (χ3n) is 5.48. The number of hydrogen-bond donors (Lipinski definition) is 2. The van der Waals surface area contributed by atoms with Crippen LogP contribution in [0.5, 0.6) is 0 Å². The monoisotopic (exact) mass is 415 g/mol. The second kappa shape index (κ2) is 7.87. The first-order valence-corrected chi connectivity index (χ1v) is 10.0. The Hall–Kier alpha value is -2.87. The standard InChI is InChI=1S/C20H22ClN5O3/c21-15-3-5-16(6-4-15)26-13-14(12-23-26)11-22-17(27)7-10-25-18(28)20(24-19(25)29)8-1-2-9-20/h3-6,12-13H,1-2,7-11H2,(H,22,27)(H,24,29). The molecule has 2 heterocycles. The van der Waals surface area contributed by atoms with Crippen molar-refractivity contribution >= 4 is 29.4 Å². The minimum absolute atomic E-state index is 0.0700. The van der Waals surface area contributed by atoms with Crippen molar-refractivity contribution in [1.29, 1.82) is 0 Å². The molecule has 1 aromatic heterocycles. The molecule has 8 nitrogen and oxygen atoms in total. The highest BCUT2D eigenvalue weighted by Crippen LogP contribution is 2.35. The van der Waals surface area contributed by atoms with Crippen LogP contribution < -0.4 is 10.6 Å². The summed E-state index contributed by atoms with van der Waals surface area (Å²) in [5, 5.41) is 10.6. The Balaban J connectivity index is 1.27. The molecule has 4 rings (SSSR count). The molecule has 1 aliphatic carbocycles. The lowest BCUT2D eigenvalue weighted by atomic mass is 9.98. The van der Waals surface area contributed by atoms with Gasteiger partial charge in [-0.1, -0.05) is 24.4 Å². The van der Waals surface area contributed by atoms with Gasteiger partial charge >= 0.3 is 6.03 Å². The van der Waals surface area contributed by atoms with E-state index in [1.807, 2.05) is 18.3 Å². The minimum atomic E-state index is -0.732. The highest BCUT2D eigenvalue weighted by Gasteiger charge is 2.52. The normalized spacial score (nSPS) is 17.8. The molecule has 2 fully saturated rings. The Morgan fingerprint density at radius 1 is 1.21 bits per heavy atom. The van der Waals surface area contributed by atoms with Crippen molar-refractivity contribution in [3.05, 3.63) is 47.2 Å². The van der Waals surface area contributed by atoms with Crippen LogP contribution in [-0.2, 0) is 16.1 Å². The molecule has 9 heteroatoms. The summed E-state index contributed by atoms with van der Waals surface area (Å²) in [6, 6.07) is 6.88. The van der Waals surface area contributed by atoms with E-state index in [0.29, 0.717) is 24.4 Å². The van der Waals surface area contributed by atoms with Crippen molar-refractivity contribution in [2.75, 3.05) is 6.54 Å². The third kappa shape index (κ3) is 3.98. The first-order valence-electron chi connectivity index (χ1n) is 9.67. The first kappa shape index (κ1) is 19.4. The van der Waals surface area contributed by atoms with Crippen LogP contribution in [0.25, 0.3) is 5.69 Å². The average Bonchev–Trinajstić information content (AvgIpc) is 3.41. The Morgan fingerprint density at radius 2 is 1.93 bits per heavy atom. The maximum atomic E-state index is 12.6. The number of aromatic nitrogens is 2. The number of imide groups is 1. The van der Waals surface area contributed by atoms with E-state index in [-0.39, 0.29) is 24.8 Å². The minimum Gasteiger partial charge on any atom is -0.352 e. The number of rotatable bonds is 6. The van der Waals surface area contributed by atoms with Crippen LogP contribution in [-0.4, -0.2) is 44.6 Å². The predicted octanol–water partition coefficient (Wildman–Crippen LogP) is 2.40. The van der Waals surface area contributed by atoms with Gasteiger partial charge in [0, 0.05) is 36.3 Å². The summed E-state index contributed by atoms with van der Waals surface area (Å²) in [5.74, 6) is -0.422. The molecule has 0 unspecified atom stereocenters. The van der Waals surface area contributed by atoms with Crippen LogP contribution in [0.3, 0.4) is 0 Å². The Labute approximate surface area is 173 Å². The number of carbonyl (C=O) groups excluding carboxylic acids is 3. The van der Waals surface area contributed by atoms with E-state index in [9.17, 15) is 14.4 Å². The van der Waals surface area contributed by atoms with E-state index in [2.05, 4.69) is 15.7 Å². The molecule has 2 N–H and O–H groups in total. The van der Waals surface area contributed by atoms with E-state index in [4.69, 9.17) is 11.6 Å². The van der Waals surface area contributed by atoms with Crippen molar-refractivity contribution in [2.24, 2.45) is 0 Å². The molecule has 0 atom stereocenters. The fourth-order valence-corrected chi connectivity index (χ4v) is 4.01.